The predicted octanol–water partition coefficient (Wildman–Crippen LogP) is 13.9. The second kappa shape index (κ2) is 14.3. The third-order valence-corrected chi connectivity index (χ3v) is 12.2. The summed E-state index contributed by atoms with van der Waals surface area (Å²) in [5.74, 6) is 0. The lowest BCUT2D eigenvalue weighted by atomic mass is 9.86. The highest BCUT2D eigenvalue weighted by atomic mass is 14.3. The molecule has 2 bridgehead atoms. The summed E-state index contributed by atoms with van der Waals surface area (Å²) < 4.78 is 0. The van der Waals surface area contributed by atoms with Crippen LogP contribution in [-0.4, -0.2) is 0 Å². The molecule has 0 spiro atoms. The molecule has 0 heteroatoms. The Morgan fingerprint density at radius 3 is 1.48 bits per heavy atom. The Labute approximate surface area is 340 Å². The second-order valence-corrected chi connectivity index (χ2v) is 15.5. The fraction of sp³-hybridized carbons (Fsp3) is 0.0345. The van der Waals surface area contributed by atoms with Crippen molar-refractivity contribution in [1.29, 1.82) is 0 Å². The molecule has 0 nitrogen and oxygen atoms in total. The van der Waals surface area contributed by atoms with Gasteiger partial charge in [0, 0.05) is 0 Å². The van der Waals surface area contributed by atoms with E-state index in [1.54, 1.807) is 0 Å². The van der Waals surface area contributed by atoms with Crippen LogP contribution in [0.5, 0.6) is 0 Å². The molecule has 0 aromatic heterocycles. The molecule has 8 aromatic rings. The number of benzene rings is 6. The Kier molecular flexibility index (Phi) is 8.41. The molecule has 3 aliphatic rings. The van der Waals surface area contributed by atoms with Gasteiger partial charge in [0.1, 0.15) is 0 Å². The molecule has 8 aromatic carbocycles. The average Bonchev–Trinajstić information content (AvgIpc) is 3.81. The normalized spacial score (nSPS) is 12.6. The molecule has 0 atom stereocenters. The fourth-order valence-electron chi connectivity index (χ4n) is 9.52. The van der Waals surface area contributed by atoms with Crippen molar-refractivity contribution in [2.24, 2.45) is 0 Å². The first-order valence-electron chi connectivity index (χ1n) is 20.4. The van der Waals surface area contributed by atoms with Crippen LogP contribution in [0, 0.1) is 0 Å². The first-order chi connectivity index (χ1) is 28.8. The van der Waals surface area contributed by atoms with Gasteiger partial charge in [0.15, 0.2) is 0 Å². The van der Waals surface area contributed by atoms with E-state index < -0.39 is 0 Å². The van der Waals surface area contributed by atoms with E-state index in [2.05, 4.69) is 218 Å². The van der Waals surface area contributed by atoms with E-state index in [-0.39, 0.29) is 0 Å². The van der Waals surface area contributed by atoms with Crippen molar-refractivity contribution in [1.82, 2.24) is 0 Å². The molecule has 0 aliphatic heterocycles. The third kappa shape index (κ3) is 5.85. The van der Waals surface area contributed by atoms with E-state index in [1.165, 1.54) is 105 Å². The smallest absolute Gasteiger partial charge is 0.00638 e. The standard InChI is InChI=1S/C58H40/c1-3-15-39(16-4-1)41-21-13-26-46(42-19-7-8-20-44-37-45(30-29-42)48-23-10-9-22-47(44)48)57-38-43(40-17-5-2-6-18-40)32-34-53(57)51(33-31-41)52-35-36-56-50-25-12-11-24-49(50)54-27-14-28-55(52)58(54)56/h1-34,37-38H,35-36H2. The monoisotopic (exact) mass is 736 g/mol. The van der Waals surface area contributed by atoms with Crippen LogP contribution in [0.1, 0.15) is 24.0 Å². The molecule has 11 rings (SSSR count). The van der Waals surface area contributed by atoms with Crippen molar-refractivity contribution in [3.63, 3.8) is 0 Å². The number of hydrogen-bond acceptors (Lipinski definition) is 0. The van der Waals surface area contributed by atoms with E-state index in [1.807, 2.05) is 0 Å². The largest absolute Gasteiger partial charge is 0.0622 e. The van der Waals surface area contributed by atoms with Gasteiger partial charge >= 0.3 is 0 Å². The predicted molar refractivity (Wildman–Crippen MR) is 245 cm³/mol. The van der Waals surface area contributed by atoms with Gasteiger partial charge in [-0.15, -0.1) is 0 Å². The minimum Gasteiger partial charge on any atom is -0.0622 e. The van der Waals surface area contributed by atoms with E-state index >= 15 is 0 Å². The van der Waals surface area contributed by atoms with Crippen LogP contribution >= 0.6 is 0 Å². The summed E-state index contributed by atoms with van der Waals surface area (Å²) in [6, 6.07) is 80.8. The molecule has 58 heavy (non-hydrogen) atoms. The van der Waals surface area contributed by atoms with Crippen LogP contribution < -0.4 is 10.4 Å². The maximum Gasteiger partial charge on any atom is -0.00638 e. The first kappa shape index (κ1) is 34.0. The van der Waals surface area contributed by atoms with Gasteiger partial charge in [-0.2, -0.15) is 0 Å². The van der Waals surface area contributed by atoms with Crippen molar-refractivity contribution in [2.75, 3.05) is 0 Å². The molecule has 0 saturated carbocycles. The topological polar surface area (TPSA) is 0 Å². The highest BCUT2D eigenvalue weighted by Crippen LogP contribution is 2.41. The SMILES string of the molecule is c1ccc(-c2cccc(-c3ccccc4cc(cc3)-c3ccccc3-4)c3cc(-c4ccccc4)ccc3c(C3=c4cccc5c4=C(CC3)c3ccccc3-5)cc2)cc1. The summed E-state index contributed by atoms with van der Waals surface area (Å²) >= 11 is 0. The summed E-state index contributed by atoms with van der Waals surface area (Å²) in [5, 5.41) is 5.21. The summed E-state index contributed by atoms with van der Waals surface area (Å²) in [6.07, 6.45) is 1.97. The average molecular weight is 737 g/mol. The minimum atomic E-state index is 0.961. The molecule has 0 fully saturated rings. The Hall–Kier alpha value is -7.28. The van der Waals surface area contributed by atoms with Gasteiger partial charge in [-0.05, 0) is 135 Å². The van der Waals surface area contributed by atoms with E-state index in [0.717, 1.165) is 18.4 Å². The van der Waals surface area contributed by atoms with Gasteiger partial charge in [0.25, 0.3) is 0 Å². The van der Waals surface area contributed by atoms with Crippen molar-refractivity contribution < 1.29 is 0 Å². The van der Waals surface area contributed by atoms with Gasteiger partial charge in [-0.1, -0.05) is 206 Å². The molecule has 272 valence electrons. The summed E-state index contributed by atoms with van der Waals surface area (Å²) in [6.45, 7) is 0. The Morgan fingerprint density at radius 1 is 0.224 bits per heavy atom. The van der Waals surface area contributed by atoms with Crippen LogP contribution in [0.2, 0.25) is 0 Å². The maximum absolute atomic E-state index is 2.42. The first-order valence-corrected chi connectivity index (χ1v) is 20.4. The Morgan fingerprint density at radius 2 is 0.707 bits per heavy atom. The van der Waals surface area contributed by atoms with Gasteiger partial charge in [-0.3, -0.25) is 0 Å². The summed E-state index contributed by atoms with van der Waals surface area (Å²) in [7, 11) is 0. The van der Waals surface area contributed by atoms with E-state index in [0.29, 0.717) is 0 Å². The maximum atomic E-state index is 2.42. The number of rotatable bonds is 4. The molecule has 0 saturated heterocycles. The molecule has 3 aliphatic carbocycles. The second-order valence-electron chi connectivity index (χ2n) is 15.5. The highest BCUT2D eigenvalue weighted by molar-refractivity contribution is 6.04. The zero-order chi connectivity index (χ0) is 38.4. The van der Waals surface area contributed by atoms with Crippen LogP contribution in [0.4, 0.5) is 0 Å². The fourth-order valence-corrected chi connectivity index (χ4v) is 9.52. The van der Waals surface area contributed by atoms with Crippen molar-refractivity contribution >= 4 is 21.9 Å². The van der Waals surface area contributed by atoms with Crippen molar-refractivity contribution in [3.8, 4) is 66.8 Å². The lowest BCUT2D eigenvalue weighted by Gasteiger charge is -2.18. The Balaban J connectivity index is 1.27. The van der Waals surface area contributed by atoms with Crippen molar-refractivity contribution in [3.05, 3.63) is 240 Å². The lowest BCUT2D eigenvalue weighted by Crippen LogP contribution is -2.32. The van der Waals surface area contributed by atoms with Gasteiger partial charge < -0.3 is 0 Å². The van der Waals surface area contributed by atoms with E-state index in [4.69, 9.17) is 0 Å². The van der Waals surface area contributed by atoms with Gasteiger partial charge in [-0.25, -0.2) is 0 Å². The molecular weight excluding hydrogens is 697 g/mol. The molecule has 0 N–H and O–H groups in total. The lowest BCUT2D eigenvalue weighted by molar-refractivity contribution is 1.05. The number of fused-ring (bicyclic) bond motifs is 9. The molecule has 0 amide bonds. The zero-order valence-corrected chi connectivity index (χ0v) is 32.2. The summed E-state index contributed by atoms with van der Waals surface area (Å²) in [5.41, 5.74) is 20.4. The molecule has 0 radical (unpaired) electrons. The Bertz CT molecular complexity index is 3200. The number of hydrogen-bond donors (Lipinski definition) is 0. The molecular formula is C58H40. The van der Waals surface area contributed by atoms with Crippen LogP contribution in [0.15, 0.2) is 218 Å². The van der Waals surface area contributed by atoms with Crippen LogP contribution in [0.3, 0.4) is 0 Å². The van der Waals surface area contributed by atoms with E-state index in [9.17, 15) is 0 Å². The molecule has 0 unspecified atom stereocenters. The quantitative estimate of drug-likeness (QED) is 0.169. The van der Waals surface area contributed by atoms with Crippen molar-refractivity contribution in [2.45, 2.75) is 12.8 Å². The van der Waals surface area contributed by atoms with Gasteiger partial charge in [0.05, 0.1) is 0 Å². The van der Waals surface area contributed by atoms with Crippen LogP contribution in [0.25, 0.3) is 88.7 Å². The zero-order valence-electron chi connectivity index (χ0n) is 32.2. The minimum absolute atomic E-state index is 0.961. The highest BCUT2D eigenvalue weighted by Gasteiger charge is 2.25. The van der Waals surface area contributed by atoms with Crippen LogP contribution in [-0.2, 0) is 0 Å². The van der Waals surface area contributed by atoms with Gasteiger partial charge in [0.2, 0.25) is 0 Å². The molecule has 0 heterocycles. The third-order valence-electron chi connectivity index (χ3n) is 12.2. The summed E-state index contributed by atoms with van der Waals surface area (Å²) in [4.78, 5) is 0.